The number of carbonyl (C=O) groups excluding carboxylic acids is 1. The summed E-state index contributed by atoms with van der Waals surface area (Å²) in [6.45, 7) is 2.48. The van der Waals surface area contributed by atoms with Crippen LogP contribution in [0.1, 0.15) is 36.0 Å². The first-order valence-corrected chi connectivity index (χ1v) is 6.27. The molecule has 0 atom stereocenters. The Morgan fingerprint density at radius 3 is 2.24 bits per heavy atom. The average molecular weight is 235 g/mol. The first-order chi connectivity index (χ1) is 8.25. The van der Waals surface area contributed by atoms with Crippen molar-refractivity contribution in [2.24, 2.45) is 0 Å². The summed E-state index contributed by atoms with van der Waals surface area (Å²) in [5, 5.41) is 0. The number of benzene rings is 1. The van der Waals surface area contributed by atoms with Gasteiger partial charge in [-0.25, -0.2) is 4.39 Å². The molecule has 92 valence electrons. The van der Waals surface area contributed by atoms with Gasteiger partial charge in [-0.05, 0) is 50.2 Å². The van der Waals surface area contributed by atoms with Crippen LogP contribution >= 0.6 is 0 Å². The molecule has 0 saturated carbocycles. The second-order valence-corrected chi connectivity index (χ2v) is 4.62. The van der Waals surface area contributed by atoms with Crippen molar-refractivity contribution in [3.63, 3.8) is 0 Å². The van der Waals surface area contributed by atoms with Gasteiger partial charge >= 0.3 is 0 Å². The van der Waals surface area contributed by atoms with E-state index >= 15 is 0 Å². The van der Waals surface area contributed by atoms with E-state index in [1.54, 1.807) is 12.1 Å². The highest BCUT2D eigenvalue weighted by atomic mass is 19.1. The summed E-state index contributed by atoms with van der Waals surface area (Å²) < 4.78 is 12.7. The van der Waals surface area contributed by atoms with Crippen molar-refractivity contribution in [1.82, 2.24) is 4.90 Å². The van der Waals surface area contributed by atoms with Gasteiger partial charge in [0.25, 0.3) is 0 Å². The van der Waals surface area contributed by atoms with Gasteiger partial charge in [-0.1, -0.05) is 12.8 Å². The third-order valence-electron chi connectivity index (χ3n) is 3.23. The number of carbonyl (C=O) groups is 1. The molecule has 0 amide bonds. The van der Waals surface area contributed by atoms with E-state index < -0.39 is 0 Å². The third-order valence-corrected chi connectivity index (χ3v) is 3.23. The van der Waals surface area contributed by atoms with E-state index in [0.717, 1.165) is 13.1 Å². The molecular formula is C14H18FNO. The zero-order valence-electron chi connectivity index (χ0n) is 9.99. The van der Waals surface area contributed by atoms with Crippen molar-refractivity contribution in [2.45, 2.75) is 25.7 Å². The molecule has 1 aromatic carbocycles. The number of hydrogen-bond acceptors (Lipinski definition) is 2. The molecule has 1 fully saturated rings. The first-order valence-electron chi connectivity index (χ1n) is 6.27. The molecule has 3 heteroatoms. The lowest BCUT2D eigenvalue weighted by atomic mass is 10.1. The van der Waals surface area contributed by atoms with Crippen LogP contribution in [0.3, 0.4) is 0 Å². The average Bonchev–Trinajstić information content (AvgIpc) is 2.58. The Bertz CT molecular complexity index is 366. The Morgan fingerprint density at radius 1 is 1.06 bits per heavy atom. The normalized spacial score (nSPS) is 17.7. The SMILES string of the molecule is O=C(CN1CCCCCC1)c1ccc(F)cc1. The molecule has 0 aliphatic carbocycles. The van der Waals surface area contributed by atoms with Gasteiger partial charge in [0, 0.05) is 5.56 Å². The minimum atomic E-state index is -0.295. The molecule has 1 aromatic rings. The molecule has 0 aromatic heterocycles. The molecular weight excluding hydrogens is 217 g/mol. The van der Waals surface area contributed by atoms with Crippen LogP contribution in [0.15, 0.2) is 24.3 Å². The van der Waals surface area contributed by atoms with Gasteiger partial charge in [-0.2, -0.15) is 0 Å². The van der Waals surface area contributed by atoms with Crippen LogP contribution in [0.25, 0.3) is 0 Å². The Morgan fingerprint density at radius 2 is 1.65 bits per heavy atom. The maximum absolute atomic E-state index is 12.7. The summed E-state index contributed by atoms with van der Waals surface area (Å²) in [6.07, 6.45) is 4.88. The zero-order chi connectivity index (χ0) is 12.1. The van der Waals surface area contributed by atoms with E-state index in [-0.39, 0.29) is 11.6 Å². The van der Waals surface area contributed by atoms with Crippen molar-refractivity contribution < 1.29 is 9.18 Å². The van der Waals surface area contributed by atoms with Crippen LogP contribution in [-0.4, -0.2) is 30.3 Å². The summed E-state index contributed by atoms with van der Waals surface area (Å²) in [4.78, 5) is 14.2. The first kappa shape index (κ1) is 12.2. The van der Waals surface area contributed by atoms with Gasteiger partial charge < -0.3 is 0 Å². The number of hydrogen-bond donors (Lipinski definition) is 0. The molecule has 2 nitrogen and oxygen atoms in total. The lowest BCUT2D eigenvalue weighted by Gasteiger charge is -2.18. The summed E-state index contributed by atoms with van der Waals surface area (Å²) >= 11 is 0. The fourth-order valence-corrected chi connectivity index (χ4v) is 2.22. The van der Waals surface area contributed by atoms with Gasteiger partial charge in [-0.15, -0.1) is 0 Å². The summed E-state index contributed by atoms with van der Waals surface area (Å²) in [6, 6.07) is 5.82. The highest BCUT2D eigenvalue weighted by Crippen LogP contribution is 2.11. The Kier molecular flexibility index (Phi) is 4.26. The van der Waals surface area contributed by atoms with E-state index in [1.807, 2.05) is 0 Å². The molecule has 1 aliphatic rings. The van der Waals surface area contributed by atoms with Crippen LogP contribution in [0.2, 0.25) is 0 Å². The largest absolute Gasteiger partial charge is 0.296 e. The van der Waals surface area contributed by atoms with E-state index in [1.165, 1.54) is 37.8 Å². The molecule has 1 aliphatic heterocycles. The summed E-state index contributed by atoms with van der Waals surface area (Å²) in [5.41, 5.74) is 0.607. The van der Waals surface area contributed by atoms with Crippen LogP contribution in [0, 0.1) is 5.82 Å². The second kappa shape index (κ2) is 5.92. The maximum atomic E-state index is 12.7. The van der Waals surface area contributed by atoms with Crippen LogP contribution in [-0.2, 0) is 0 Å². The predicted molar refractivity (Wildman–Crippen MR) is 65.6 cm³/mol. The minimum Gasteiger partial charge on any atom is -0.296 e. The topological polar surface area (TPSA) is 20.3 Å². The van der Waals surface area contributed by atoms with Crippen molar-refractivity contribution in [3.8, 4) is 0 Å². The van der Waals surface area contributed by atoms with E-state index in [0.29, 0.717) is 12.1 Å². The summed E-state index contributed by atoms with van der Waals surface area (Å²) in [7, 11) is 0. The van der Waals surface area contributed by atoms with Crippen molar-refractivity contribution in [1.29, 1.82) is 0 Å². The molecule has 0 radical (unpaired) electrons. The van der Waals surface area contributed by atoms with Crippen LogP contribution in [0.4, 0.5) is 4.39 Å². The lowest BCUT2D eigenvalue weighted by Crippen LogP contribution is -2.30. The number of ketones is 1. The lowest BCUT2D eigenvalue weighted by molar-refractivity contribution is 0.0933. The second-order valence-electron chi connectivity index (χ2n) is 4.62. The number of rotatable bonds is 3. The third kappa shape index (κ3) is 3.63. The molecule has 0 spiro atoms. The summed E-state index contributed by atoms with van der Waals surface area (Å²) in [5.74, 6) is -0.205. The molecule has 2 rings (SSSR count). The van der Waals surface area contributed by atoms with E-state index in [9.17, 15) is 9.18 Å². The number of likely N-dealkylation sites (tertiary alicyclic amines) is 1. The molecule has 1 saturated heterocycles. The monoisotopic (exact) mass is 235 g/mol. The van der Waals surface area contributed by atoms with Gasteiger partial charge in [0.05, 0.1) is 6.54 Å². The van der Waals surface area contributed by atoms with Gasteiger partial charge in [-0.3, -0.25) is 9.69 Å². The molecule has 0 unspecified atom stereocenters. The fraction of sp³-hybridized carbons (Fsp3) is 0.500. The van der Waals surface area contributed by atoms with E-state index in [2.05, 4.69) is 4.90 Å². The van der Waals surface area contributed by atoms with Gasteiger partial charge in [0.2, 0.25) is 0 Å². The zero-order valence-corrected chi connectivity index (χ0v) is 9.99. The quantitative estimate of drug-likeness (QED) is 0.751. The standard InChI is InChI=1S/C14H18FNO/c15-13-7-5-12(6-8-13)14(17)11-16-9-3-1-2-4-10-16/h5-8H,1-4,9-11H2. The minimum absolute atomic E-state index is 0.0897. The fourth-order valence-electron chi connectivity index (χ4n) is 2.22. The predicted octanol–water partition coefficient (Wildman–Crippen LogP) is 2.88. The van der Waals surface area contributed by atoms with Gasteiger partial charge in [0.15, 0.2) is 5.78 Å². The van der Waals surface area contributed by atoms with Crippen molar-refractivity contribution >= 4 is 5.78 Å². The molecule has 17 heavy (non-hydrogen) atoms. The van der Waals surface area contributed by atoms with Crippen LogP contribution < -0.4 is 0 Å². The maximum Gasteiger partial charge on any atom is 0.176 e. The molecule has 0 bridgehead atoms. The van der Waals surface area contributed by atoms with E-state index in [4.69, 9.17) is 0 Å². The Balaban J connectivity index is 1.93. The number of nitrogens with zero attached hydrogens (tertiary/aromatic N) is 1. The highest BCUT2D eigenvalue weighted by Gasteiger charge is 2.14. The Labute approximate surface area is 101 Å². The molecule has 1 heterocycles. The van der Waals surface area contributed by atoms with Crippen molar-refractivity contribution in [2.75, 3.05) is 19.6 Å². The van der Waals surface area contributed by atoms with Gasteiger partial charge in [0.1, 0.15) is 5.82 Å². The number of Topliss-reactive ketones (excluding diaryl/α,β-unsaturated/α-hetero) is 1. The van der Waals surface area contributed by atoms with Crippen LogP contribution in [0.5, 0.6) is 0 Å². The number of halogens is 1. The molecule has 0 N–H and O–H groups in total. The smallest absolute Gasteiger partial charge is 0.176 e. The highest BCUT2D eigenvalue weighted by molar-refractivity contribution is 5.97. The Hall–Kier alpha value is -1.22. The van der Waals surface area contributed by atoms with Crippen molar-refractivity contribution in [3.05, 3.63) is 35.6 Å².